The van der Waals surface area contributed by atoms with Gasteiger partial charge in [-0.3, -0.25) is 9.80 Å². The Kier molecular flexibility index (Phi) is 10.2. The average molecular weight is 853 g/mol. The van der Waals surface area contributed by atoms with Crippen molar-refractivity contribution < 1.29 is 38.0 Å². The highest BCUT2D eigenvalue weighted by Crippen LogP contribution is 2.44. The van der Waals surface area contributed by atoms with Gasteiger partial charge in [-0.25, -0.2) is 9.59 Å². The molecule has 4 aliphatic rings. The highest BCUT2D eigenvalue weighted by molar-refractivity contribution is 5.87. The number of benzene rings is 6. The fourth-order valence-electron chi connectivity index (χ4n) is 9.34. The van der Waals surface area contributed by atoms with Crippen LogP contribution in [0.5, 0.6) is 23.0 Å². The maximum Gasteiger partial charge on any atom is 0.410 e. The van der Waals surface area contributed by atoms with Gasteiger partial charge >= 0.3 is 12.2 Å². The molecular weight excluding hydrogens is 809 g/mol. The minimum atomic E-state index is -0.333. The molecule has 2 aromatic heterocycles. The largest absolute Gasteiger partial charge is 0.454 e. The molecule has 0 bridgehead atoms. The number of rotatable bonds is 6. The van der Waals surface area contributed by atoms with Crippen LogP contribution in [-0.2, 0) is 35.5 Å². The molecule has 6 heterocycles. The highest BCUT2D eigenvalue weighted by atomic mass is 16.7. The topological polar surface area (TPSA) is 128 Å². The number of aromatic amines is 2. The van der Waals surface area contributed by atoms with E-state index < -0.39 is 0 Å². The lowest BCUT2D eigenvalue weighted by Gasteiger charge is -2.35. The van der Waals surface area contributed by atoms with Crippen LogP contribution in [0.25, 0.3) is 21.8 Å². The monoisotopic (exact) mass is 852 g/mol. The Bertz CT molecular complexity index is 2800. The molecule has 1 unspecified atom stereocenters. The summed E-state index contributed by atoms with van der Waals surface area (Å²) in [6.45, 7) is 2.05. The van der Waals surface area contributed by atoms with Crippen molar-refractivity contribution in [1.82, 2.24) is 19.8 Å². The number of hydrogen-bond donors (Lipinski definition) is 2. The quantitative estimate of drug-likeness (QED) is 0.169. The summed E-state index contributed by atoms with van der Waals surface area (Å²) in [6.07, 6.45) is 0.864. The number of ether oxygens (including phenoxy) is 6. The third-order valence-electron chi connectivity index (χ3n) is 12.4. The van der Waals surface area contributed by atoms with Crippen LogP contribution in [0.1, 0.15) is 56.9 Å². The number of amides is 2. The number of nitrogens with one attached hydrogen (secondary N) is 2. The smallest absolute Gasteiger partial charge is 0.410 e. The van der Waals surface area contributed by atoms with Crippen molar-refractivity contribution in [2.75, 3.05) is 26.7 Å². The predicted octanol–water partition coefficient (Wildman–Crippen LogP) is 10.4. The third kappa shape index (κ3) is 7.36. The maximum atomic E-state index is 13.2. The van der Waals surface area contributed by atoms with Crippen molar-refractivity contribution in [3.63, 3.8) is 0 Å². The minimum absolute atomic E-state index is 0.212. The van der Waals surface area contributed by atoms with Crippen LogP contribution < -0.4 is 18.9 Å². The molecule has 12 rings (SSSR count). The fraction of sp³-hybridized carbons (Fsp3) is 0.192. The lowest BCUT2D eigenvalue weighted by molar-refractivity contribution is 0.0825. The van der Waals surface area contributed by atoms with E-state index in [1.807, 2.05) is 121 Å². The second-order valence-corrected chi connectivity index (χ2v) is 16.1. The Morgan fingerprint density at radius 3 is 1.36 bits per heavy atom. The molecule has 0 radical (unpaired) electrons. The van der Waals surface area contributed by atoms with Gasteiger partial charge in [0.15, 0.2) is 23.0 Å². The van der Waals surface area contributed by atoms with Crippen LogP contribution in [-0.4, -0.2) is 58.6 Å². The van der Waals surface area contributed by atoms with Gasteiger partial charge in [-0.2, -0.15) is 0 Å². The molecule has 2 N–H and O–H groups in total. The van der Waals surface area contributed by atoms with Crippen molar-refractivity contribution in [3.8, 4) is 23.0 Å². The SMILES string of the molecule is O=C(OCc1ccccc1)N1CCc2c([nH]c3ccccc23)C1c1ccc2c(c1)OCO2.O=C(OCc1ccccc1)N1CCc2c([nH]c3ccccc23)[C@H]1c1ccc2c(c1)OCO2. The molecule has 12 heteroatoms. The molecule has 0 spiro atoms. The molecule has 12 nitrogen and oxygen atoms in total. The van der Waals surface area contributed by atoms with Gasteiger partial charge in [0.2, 0.25) is 13.6 Å². The van der Waals surface area contributed by atoms with Gasteiger partial charge in [0.1, 0.15) is 25.3 Å². The normalized spacial score (nSPS) is 16.8. The van der Waals surface area contributed by atoms with Crippen LogP contribution in [0.15, 0.2) is 146 Å². The Balaban J connectivity index is 0.000000143. The summed E-state index contributed by atoms with van der Waals surface area (Å²) < 4.78 is 33.6. The van der Waals surface area contributed by atoms with Crippen LogP contribution in [0.4, 0.5) is 9.59 Å². The summed E-state index contributed by atoms with van der Waals surface area (Å²) in [6, 6.07) is 47.1. The average Bonchev–Trinajstić information content (AvgIpc) is 4.17. The minimum Gasteiger partial charge on any atom is -0.454 e. The van der Waals surface area contributed by atoms with E-state index in [0.717, 1.165) is 69.0 Å². The predicted molar refractivity (Wildman–Crippen MR) is 239 cm³/mol. The first-order chi connectivity index (χ1) is 31.6. The van der Waals surface area contributed by atoms with E-state index in [2.05, 4.69) is 34.2 Å². The molecule has 8 aromatic rings. The number of fused-ring (bicyclic) bond motifs is 8. The van der Waals surface area contributed by atoms with Gasteiger partial charge in [-0.15, -0.1) is 0 Å². The zero-order valence-corrected chi connectivity index (χ0v) is 34.8. The lowest BCUT2D eigenvalue weighted by atomic mass is 9.92. The standard InChI is InChI=1S/2C26H22N2O4/c2*29-26(30-15-17-6-2-1-3-7-17)28-13-12-20-19-8-4-5-9-21(19)27-24(20)25(28)18-10-11-22-23(14-18)32-16-31-22/h2*1-11,14,25,27H,12-13,15-16H2/t25-;/m1./s1. The van der Waals surface area contributed by atoms with Crippen LogP contribution >= 0.6 is 0 Å². The molecule has 0 fully saturated rings. The highest BCUT2D eigenvalue weighted by Gasteiger charge is 2.38. The van der Waals surface area contributed by atoms with Crippen molar-refractivity contribution in [2.45, 2.75) is 38.1 Å². The number of carbonyl (C=O) groups is 2. The number of nitrogens with zero attached hydrogens (tertiary/aromatic N) is 2. The Labute approximate surface area is 368 Å². The summed E-state index contributed by atoms with van der Waals surface area (Å²) >= 11 is 0. The molecule has 2 amide bonds. The van der Waals surface area contributed by atoms with Gasteiger partial charge in [0.25, 0.3) is 0 Å². The Morgan fingerprint density at radius 2 is 0.906 bits per heavy atom. The molecule has 2 atom stereocenters. The Morgan fingerprint density at radius 1 is 0.500 bits per heavy atom. The number of carbonyl (C=O) groups excluding carboxylic acids is 2. The lowest BCUT2D eigenvalue weighted by Crippen LogP contribution is -2.40. The zero-order chi connectivity index (χ0) is 43.0. The zero-order valence-electron chi connectivity index (χ0n) is 34.8. The fourth-order valence-corrected chi connectivity index (χ4v) is 9.34. The van der Waals surface area contributed by atoms with Gasteiger partial charge in [0.05, 0.1) is 0 Å². The first-order valence-corrected chi connectivity index (χ1v) is 21.5. The second kappa shape index (κ2) is 16.8. The summed E-state index contributed by atoms with van der Waals surface area (Å²) in [5.74, 6) is 2.84. The van der Waals surface area contributed by atoms with E-state index in [9.17, 15) is 9.59 Å². The van der Waals surface area contributed by atoms with Crippen LogP contribution in [0, 0.1) is 0 Å². The van der Waals surface area contributed by atoms with Crippen molar-refractivity contribution in [3.05, 3.63) is 190 Å². The molecule has 0 saturated carbocycles. The Hall–Kier alpha value is -7.86. The summed E-state index contributed by atoms with van der Waals surface area (Å²) in [4.78, 5) is 37.2. The van der Waals surface area contributed by atoms with E-state index in [-0.39, 0.29) is 51.1 Å². The third-order valence-corrected chi connectivity index (χ3v) is 12.4. The second-order valence-electron chi connectivity index (χ2n) is 16.1. The van der Waals surface area contributed by atoms with E-state index in [1.165, 1.54) is 21.9 Å². The first kappa shape index (κ1) is 39.0. The van der Waals surface area contributed by atoms with E-state index in [0.29, 0.717) is 24.6 Å². The molecule has 0 saturated heterocycles. The van der Waals surface area contributed by atoms with Crippen LogP contribution in [0.3, 0.4) is 0 Å². The van der Waals surface area contributed by atoms with Crippen molar-refractivity contribution in [1.29, 1.82) is 0 Å². The molecule has 6 aromatic carbocycles. The summed E-state index contributed by atoms with van der Waals surface area (Å²) in [5.41, 5.74) is 10.5. The summed E-state index contributed by atoms with van der Waals surface area (Å²) in [5, 5.41) is 2.40. The molecule has 4 aliphatic heterocycles. The number of para-hydroxylation sites is 2. The maximum absolute atomic E-state index is 13.2. The first-order valence-electron chi connectivity index (χ1n) is 21.5. The summed E-state index contributed by atoms with van der Waals surface area (Å²) in [7, 11) is 0. The van der Waals surface area contributed by atoms with Crippen molar-refractivity contribution >= 4 is 34.0 Å². The van der Waals surface area contributed by atoms with E-state index in [1.54, 1.807) is 9.80 Å². The van der Waals surface area contributed by atoms with E-state index >= 15 is 0 Å². The number of aromatic nitrogens is 2. The number of hydrogen-bond acceptors (Lipinski definition) is 8. The number of H-pyrrole nitrogens is 2. The van der Waals surface area contributed by atoms with Gasteiger partial charge in [0, 0.05) is 46.3 Å². The van der Waals surface area contributed by atoms with Gasteiger partial charge < -0.3 is 38.4 Å². The molecule has 0 aliphatic carbocycles. The van der Waals surface area contributed by atoms with Gasteiger partial charge in [-0.1, -0.05) is 109 Å². The molecular formula is C52H44N4O8. The van der Waals surface area contributed by atoms with Crippen LogP contribution in [0.2, 0.25) is 0 Å². The van der Waals surface area contributed by atoms with Crippen molar-refractivity contribution in [2.24, 2.45) is 0 Å². The molecule has 320 valence electrons. The molecule has 64 heavy (non-hydrogen) atoms. The van der Waals surface area contributed by atoms with Gasteiger partial charge in [-0.05, 0) is 82.6 Å². The van der Waals surface area contributed by atoms with E-state index in [4.69, 9.17) is 28.4 Å².